The first-order chi connectivity index (χ1) is 14.1. The summed E-state index contributed by atoms with van der Waals surface area (Å²) in [4.78, 5) is 17.0. The zero-order valence-corrected chi connectivity index (χ0v) is 17.3. The number of methoxy groups -OCH3 is 1. The Labute approximate surface area is 174 Å². The van der Waals surface area contributed by atoms with Crippen LogP contribution in [0.25, 0.3) is 21.5 Å². The Morgan fingerprint density at radius 3 is 2.79 bits per heavy atom. The van der Waals surface area contributed by atoms with Gasteiger partial charge in [-0.05, 0) is 31.2 Å². The summed E-state index contributed by atoms with van der Waals surface area (Å²) >= 11 is 1.64. The van der Waals surface area contributed by atoms with Crippen LogP contribution in [0.1, 0.15) is 11.3 Å². The van der Waals surface area contributed by atoms with E-state index in [2.05, 4.69) is 41.9 Å². The molecular weight excluding hydrogens is 382 g/mol. The van der Waals surface area contributed by atoms with Crippen molar-refractivity contribution in [1.82, 2.24) is 14.9 Å². The first kappa shape index (κ1) is 19.2. The van der Waals surface area contributed by atoms with Crippen LogP contribution in [0.3, 0.4) is 0 Å². The van der Waals surface area contributed by atoms with E-state index in [9.17, 15) is 4.79 Å². The average Bonchev–Trinajstić information content (AvgIpc) is 3.35. The monoisotopic (exact) mass is 405 g/mol. The van der Waals surface area contributed by atoms with Gasteiger partial charge in [0, 0.05) is 41.0 Å². The highest BCUT2D eigenvalue weighted by Crippen LogP contribution is 2.24. The zero-order valence-electron chi connectivity index (χ0n) is 16.5. The summed E-state index contributed by atoms with van der Waals surface area (Å²) in [7, 11) is 1.65. The number of carbonyl (C=O) groups is 1. The zero-order chi connectivity index (χ0) is 20.2. The first-order valence-electron chi connectivity index (χ1n) is 9.53. The Morgan fingerprint density at radius 2 is 2.00 bits per heavy atom. The van der Waals surface area contributed by atoms with Crippen molar-refractivity contribution < 1.29 is 9.53 Å². The van der Waals surface area contributed by atoms with Crippen molar-refractivity contribution in [1.29, 1.82) is 0 Å². The lowest BCUT2D eigenvalue weighted by Crippen LogP contribution is -2.29. The number of amides is 1. The van der Waals surface area contributed by atoms with E-state index in [0.717, 1.165) is 39.3 Å². The Hall–Kier alpha value is -3.12. The van der Waals surface area contributed by atoms with E-state index in [4.69, 9.17) is 9.72 Å². The molecule has 4 rings (SSSR count). The van der Waals surface area contributed by atoms with Gasteiger partial charge in [-0.3, -0.25) is 4.79 Å². The van der Waals surface area contributed by atoms with Crippen molar-refractivity contribution in [3.63, 3.8) is 0 Å². The van der Waals surface area contributed by atoms with Gasteiger partial charge < -0.3 is 14.6 Å². The van der Waals surface area contributed by atoms with Gasteiger partial charge >= 0.3 is 0 Å². The number of thiazole rings is 1. The molecule has 5 nitrogen and oxygen atoms in total. The van der Waals surface area contributed by atoms with E-state index < -0.39 is 0 Å². The summed E-state index contributed by atoms with van der Waals surface area (Å²) in [6.45, 7) is 2.94. The smallest absolute Gasteiger partial charge is 0.239 e. The summed E-state index contributed by atoms with van der Waals surface area (Å²) in [6, 6.07) is 16.2. The van der Waals surface area contributed by atoms with Crippen LogP contribution in [-0.4, -0.2) is 29.1 Å². The molecule has 2 heterocycles. The largest absolute Gasteiger partial charge is 0.497 e. The lowest BCUT2D eigenvalue weighted by atomic mass is 10.2. The number of rotatable bonds is 7. The molecule has 6 heteroatoms. The highest BCUT2D eigenvalue weighted by Gasteiger charge is 2.08. The van der Waals surface area contributed by atoms with E-state index in [0.29, 0.717) is 13.1 Å². The number of fused-ring (bicyclic) bond motifs is 1. The fraction of sp³-hybridized carbons (Fsp3) is 0.217. The van der Waals surface area contributed by atoms with Crippen LogP contribution in [-0.2, 0) is 17.8 Å². The Balaban J connectivity index is 1.31. The number of hydrogen-bond donors (Lipinski definition) is 1. The van der Waals surface area contributed by atoms with Gasteiger partial charge in [0.2, 0.25) is 5.91 Å². The predicted molar refractivity (Wildman–Crippen MR) is 117 cm³/mol. The van der Waals surface area contributed by atoms with E-state index in [1.807, 2.05) is 35.0 Å². The number of aryl methyl sites for hydroxylation is 1. The maximum atomic E-state index is 12.4. The summed E-state index contributed by atoms with van der Waals surface area (Å²) in [6.07, 6.45) is 2.65. The molecule has 0 unspecified atom stereocenters. The van der Waals surface area contributed by atoms with Gasteiger partial charge in [0.25, 0.3) is 0 Å². The SMILES string of the molecule is COc1ccc2c(ccn2CC(=O)NCCc2csc(-c3ccc(C)cc3)n2)c1. The summed E-state index contributed by atoms with van der Waals surface area (Å²) in [5.41, 5.74) is 4.39. The van der Waals surface area contributed by atoms with Gasteiger partial charge in [0.1, 0.15) is 17.3 Å². The van der Waals surface area contributed by atoms with E-state index in [-0.39, 0.29) is 5.91 Å². The molecule has 0 aliphatic heterocycles. The highest BCUT2D eigenvalue weighted by atomic mass is 32.1. The summed E-state index contributed by atoms with van der Waals surface area (Å²) in [5.74, 6) is 0.806. The highest BCUT2D eigenvalue weighted by molar-refractivity contribution is 7.13. The molecule has 4 aromatic rings. The molecule has 148 valence electrons. The molecule has 29 heavy (non-hydrogen) atoms. The van der Waals surface area contributed by atoms with Crippen LogP contribution in [0.4, 0.5) is 0 Å². The quantitative estimate of drug-likeness (QED) is 0.495. The third kappa shape index (κ3) is 4.49. The van der Waals surface area contributed by atoms with Gasteiger partial charge in [0.15, 0.2) is 0 Å². The molecule has 0 aliphatic rings. The van der Waals surface area contributed by atoms with Crippen LogP contribution in [0.15, 0.2) is 60.1 Å². The number of aromatic nitrogens is 2. The van der Waals surface area contributed by atoms with Crippen molar-refractivity contribution in [2.24, 2.45) is 0 Å². The lowest BCUT2D eigenvalue weighted by molar-refractivity contribution is -0.121. The number of benzene rings is 2. The lowest BCUT2D eigenvalue weighted by Gasteiger charge is -2.07. The van der Waals surface area contributed by atoms with Crippen molar-refractivity contribution in [3.05, 3.63) is 71.4 Å². The van der Waals surface area contributed by atoms with Crippen LogP contribution in [0.5, 0.6) is 5.75 Å². The number of carbonyl (C=O) groups excluding carboxylic acids is 1. The van der Waals surface area contributed by atoms with E-state index in [1.54, 1.807) is 18.4 Å². The maximum absolute atomic E-state index is 12.4. The molecule has 0 saturated heterocycles. The normalized spacial score (nSPS) is 11.0. The molecule has 0 bridgehead atoms. The third-order valence-corrected chi connectivity index (χ3v) is 5.79. The predicted octanol–water partition coefficient (Wildman–Crippen LogP) is 4.44. The Kier molecular flexibility index (Phi) is 5.62. The topological polar surface area (TPSA) is 56.1 Å². The van der Waals surface area contributed by atoms with Crippen molar-refractivity contribution in [3.8, 4) is 16.3 Å². The Bertz CT molecular complexity index is 1130. The number of nitrogens with zero attached hydrogens (tertiary/aromatic N) is 2. The molecular formula is C23H23N3O2S. The summed E-state index contributed by atoms with van der Waals surface area (Å²) < 4.78 is 7.20. The minimum absolute atomic E-state index is 0.00712. The van der Waals surface area contributed by atoms with Crippen LogP contribution >= 0.6 is 11.3 Å². The first-order valence-corrected chi connectivity index (χ1v) is 10.4. The third-order valence-electron chi connectivity index (χ3n) is 4.85. The number of nitrogens with one attached hydrogen (secondary N) is 1. The molecule has 0 atom stereocenters. The fourth-order valence-electron chi connectivity index (χ4n) is 3.23. The molecule has 0 fully saturated rings. The molecule has 0 spiro atoms. The van der Waals surface area contributed by atoms with Crippen molar-refractivity contribution >= 4 is 28.1 Å². The van der Waals surface area contributed by atoms with Gasteiger partial charge in [-0.1, -0.05) is 29.8 Å². The molecule has 0 saturated carbocycles. The number of ether oxygens (including phenoxy) is 1. The fourth-order valence-corrected chi connectivity index (χ4v) is 4.09. The van der Waals surface area contributed by atoms with Crippen LogP contribution < -0.4 is 10.1 Å². The van der Waals surface area contributed by atoms with Gasteiger partial charge in [-0.15, -0.1) is 11.3 Å². The van der Waals surface area contributed by atoms with Crippen molar-refractivity contribution in [2.75, 3.05) is 13.7 Å². The maximum Gasteiger partial charge on any atom is 0.239 e. The number of hydrogen-bond acceptors (Lipinski definition) is 4. The minimum Gasteiger partial charge on any atom is -0.497 e. The molecule has 2 aromatic heterocycles. The molecule has 0 aliphatic carbocycles. The van der Waals surface area contributed by atoms with E-state index in [1.165, 1.54) is 5.56 Å². The Morgan fingerprint density at radius 1 is 1.17 bits per heavy atom. The van der Waals surface area contributed by atoms with Gasteiger partial charge in [-0.25, -0.2) is 4.98 Å². The second kappa shape index (κ2) is 8.49. The summed E-state index contributed by atoms with van der Waals surface area (Å²) in [5, 5.41) is 7.13. The van der Waals surface area contributed by atoms with Crippen LogP contribution in [0, 0.1) is 6.92 Å². The molecule has 2 aromatic carbocycles. The van der Waals surface area contributed by atoms with Gasteiger partial charge in [0.05, 0.1) is 12.8 Å². The minimum atomic E-state index is -0.00712. The molecule has 0 radical (unpaired) electrons. The van der Waals surface area contributed by atoms with Crippen molar-refractivity contribution in [2.45, 2.75) is 19.9 Å². The second-order valence-electron chi connectivity index (χ2n) is 6.98. The molecule has 1 amide bonds. The average molecular weight is 406 g/mol. The molecule has 1 N–H and O–H groups in total. The van der Waals surface area contributed by atoms with Crippen LogP contribution in [0.2, 0.25) is 0 Å². The van der Waals surface area contributed by atoms with Gasteiger partial charge in [-0.2, -0.15) is 0 Å². The standard InChI is InChI=1S/C23H23N3O2S/c1-16-3-5-17(6-4-16)23-25-19(15-29-23)9-11-24-22(27)14-26-12-10-18-13-20(28-2)7-8-21(18)26/h3-8,10,12-13,15H,9,11,14H2,1-2H3,(H,24,27). The second-order valence-corrected chi connectivity index (χ2v) is 7.84. The van der Waals surface area contributed by atoms with E-state index >= 15 is 0 Å².